The molecule has 28 heavy (non-hydrogen) atoms. The quantitative estimate of drug-likeness (QED) is 0.720. The summed E-state index contributed by atoms with van der Waals surface area (Å²) in [5.41, 5.74) is 2.70. The first kappa shape index (κ1) is 18.1. The smallest absolute Gasteiger partial charge is 0.234 e. The molecule has 0 unspecified atom stereocenters. The van der Waals surface area contributed by atoms with Crippen LogP contribution in [0.4, 0.5) is 5.69 Å². The van der Waals surface area contributed by atoms with Crippen molar-refractivity contribution in [1.29, 1.82) is 0 Å². The summed E-state index contributed by atoms with van der Waals surface area (Å²) in [6.45, 7) is 0. The first-order valence-corrected chi connectivity index (χ1v) is 9.75. The molecule has 3 aromatic carbocycles. The first-order chi connectivity index (χ1) is 13.6. The molecule has 0 saturated carbocycles. The molecule has 0 aliphatic carbocycles. The summed E-state index contributed by atoms with van der Waals surface area (Å²) in [7, 11) is 0. The van der Waals surface area contributed by atoms with Gasteiger partial charge in [-0.25, -0.2) is 0 Å². The highest BCUT2D eigenvalue weighted by Gasteiger charge is 2.27. The normalized spacial score (nSPS) is 12.4. The van der Waals surface area contributed by atoms with Crippen molar-refractivity contribution in [2.75, 3.05) is 11.1 Å². The zero-order valence-electron chi connectivity index (χ0n) is 14.8. The monoisotopic (exact) mass is 390 g/mol. The molecule has 0 fully saturated rings. The van der Waals surface area contributed by atoms with Crippen molar-refractivity contribution in [3.05, 3.63) is 89.5 Å². The molecule has 0 saturated heterocycles. The van der Waals surface area contributed by atoms with Gasteiger partial charge in [0.25, 0.3) is 0 Å². The summed E-state index contributed by atoms with van der Waals surface area (Å²) in [6.07, 6.45) is 0. The van der Waals surface area contributed by atoms with Crippen LogP contribution in [0, 0.1) is 0 Å². The maximum absolute atomic E-state index is 12.4. The summed E-state index contributed by atoms with van der Waals surface area (Å²) < 4.78 is 5.97. The molecule has 1 aliphatic heterocycles. The van der Waals surface area contributed by atoms with E-state index in [0.29, 0.717) is 5.69 Å². The number of aromatic carboxylic acids is 1. The maximum atomic E-state index is 12.4. The Hall–Kier alpha value is -3.25. The van der Waals surface area contributed by atoms with E-state index in [-0.39, 0.29) is 22.5 Å². The van der Waals surface area contributed by atoms with E-state index in [1.807, 2.05) is 48.5 Å². The third kappa shape index (κ3) is 3.73. The first-order valence-electron chi connectivity index (χ1n) is 8.70. The number of nitrogens with one attached hydrogen (secondary N) is 1. The second-order valence-corrected chi connectivity index (χ2v) is 7.38. The van der Waals surface area contributed by atoms with Gasteiger partial charge in [-0.1, -0.05) is 48.5 Å². The largest absolute Gasteiger partial charge is 0.545 e. The lowest BCUT2D eigenvalue weighted by Crippen LogP contribution is -2.22. The second-order valence-electron chi connectivity index (χ2n) is 6.28. The van der Waals surface area contributed by atoms with Crippen LogP contribution < -0.4 is 15.2 Å². The molecule has 1 aliphatic rings. The molecule has 0 spiro atoms. The van der Waals surface area contributed by atoms with Gasteiger partial charge in [0.05, 0.1) is 17.0 Å². The highest BCUT2D eigenvalue weighted by molar-refractivity contribution is 8.00. The molecule has 1 N–H and O–H groups in total. The molecule has 4 rings (SSSR count). The van der Waals surface area contributed by atoms with Gasteiger partial charge in [-0.15, -0.1) is 11.8 Å². The predicted molar refractivity (Wildman–Crippen MR) is 107 cm³/mol. The van der Waals surface area contributed by atoms with Crippen LogP contribution in [0.25, 0.3) is 0 Å². The Bertz CT molecular complexity index is 987. The molecule has 6 heteroatoms. The lowest BCUT2D eigenvalue weighted by molar-refractivity contribution is -0.255. The Morgan fingerprint density at radius 1 is 0.893 bits per heavy atom. The molecule has 1 amide bonds. The van der Waals surface area contributed by atoms with Gasteiger partial charge in [-0.2, -0.15) is 0 Å². The van der Waals surface area contributed by atoms with E-state index in [2.05, 4.69) is 5.32 Å². The Morgan fingerprint density at radius 3 is 2.04 bits per heavy atom. The molecule has 5 nitrogen and oxygen atoms in total. The molecule has 0 radical (unpaired) electrons. The van der Waals surface area contributed by atoms with Crippen molar-refractivity contribution in [1.82, 2.24) is 0 Å². The zero-order valence-corrected chi connectivity index (χ0v) is 15.6. The minimum atomic E-state index is -1.25. The Morgan fingerprint density at radius 2 is 1.46 bits per heavy atom. The summed E-state index contributed by atoms with van der Waals surface area (Å²) in [4.78, 5) is 23.2. The van der Waals surface area contributed by atoms with E-state index < -0.39 is 5.97 Å². The zero-order chi connectivity index (χ0) is 19.5. The van der Waals surface area contributed by atoms with Gasteiger partial charge in [-0.3, -0.25) is 4.79 Å². The predicted octanol–water partition coefficient (Wildman–Crippen LogP) is 3.62. The van der Waals surface area contributed by atoms with Crippen molar-refractivity contribution in [2.24, 2.45) is 0 Å². The average molecular weight is 390 g/mol. The van der Waals surface area contributed by atoms with E-state index in [9.17, 15) is 14.7 Å². The number of carbonyl (C=O) groups excluding carboxylic acids is 2. The molecule has 0 bridgehead atoms. The number of carbonyl (C=O) groups is 2. The van der Waals surface area contributed by atoms with Crippen LogP contribution in [-0.4, -0.2) is 17.6 Å². The number of benzene rings is 3. The van der Waals surface area contributed by atoms with Crippen LogP contribution in [0.1, 0.15) is 26.7 Å². The lowest BCUT2D eigenvalue weighted by atomic mass is 10.00. The maximum Gasteiger partial charge on any atom is 0.234 e. The molecule has 1 heterocycles. The number of rotatable bonds is 5. The van der Waals surface area contributed by atoms with Crippen LogP contribution in [0.2, 0.25) is 0 Å². The van der Waals surface area contributed by atoms with Gasteiger partial charge >= 0.3 is 0 Å². The van der Waals surface area contributed by atoms with E-state index in [1.165, 1.54) is 23.9 Å². The standard InChI is InChI=1S/C22H17NO4S/c24-20(23-15-11-9-14(10-12-15)22(25)26)13-28-21-16-5-1-3-7-18(16)27-19-8-4-2-6-17(19)21/h1-12,21H,13H2,(H,23,24)(H,25,26)/p-1. The van der Waals surface area contributed by atoms with Crippen LogP contribution in [0.3, 0.4) is 0 Å². The number of fused-ring (bicyclic) bond motifs is 2. The van der Waals surface area contributed by atoms with Crippen molar-refractivity contribution >= 4 is 29.3 Å². The summed E-state index contributed by atoms with van der Waals surface area (Å²) >= 11 is 1.52. The number of hydrogen-bond donors (Lipinski definition) is 1. The van der Waals surface area contributed by atoms with Gasteiger partial charge in [0.1, 0.15) is 11.5 Å². The number of anilines is 1. The van der Waals surface area contributed by atoms with E-state index >= 15 is 0 Å². The highest BCUT2D eigenvalue weighted by atomic mass is 32.2. The Kier molecular flexibility index (Phi) is 5.04. The van der Waals surface area contributed by atoms with Gasteiger partial charge < -0.3 is 20.0 Å². The SMILES string of the molecule is O=C(CSC1c2ccccc2Oc2ccccc21)Nc1ccc(C(=O)[O-])cc1. The third-order valence-corrected chi connectivity index (χ3v) is 5.68. The number of carboxylic acid groups (broad SMARTS) is 1. The number of hydrogen-bond acceptors (Lipinski definition) is 5. The summed E-state index contributed by atoms with van der Waals surface area (Å²) in [6, 6.07) is 21.6. The Balaban J connectivity index is 1.47. The average Bonchev–Trinajstić information content (AvgIpc) is 2.71. The fraction of sp³-hybridized carbons (Fsp3) is 0.0909. The van der Waals surface area contributed by atoms with Crippen molar-refractivity contribution in [2.45, 2.75) is 5.25 Å². The van der Waals surface area contributed by atoms with E-state index in [1.54, 1.807) is 12.1 Å². The van der Waals surface area contributed by atoms with Crippen molar-refractivity contribution in [3.63, 3.8) is 0 Å². The summed E-state index contributed by atoms with van der Waals surface area (Å²) in [5, 5.41) is 13.6. The minimum Gasteiger partial charge on any atom is -0.545 e. The second kappa shape index (κ2) is 7.78. The lowest BCUT2D eigenvalue weighted by Gasteiger charge is -2.27. The minimum absolute atomic E-state index is 0.00707. The van der Waals surface area contributed by atoms with E-state index in [0.717, 1.165) is 22.6 Å². The van der Waals surface area contributed by atoms with Crippen molar-refractivity contribution in [3.8, 4) is 11.5 Å². The number of amides is 1. The number of ether oxygens (including phenoxy) is 1. The van der Waals surface area contributed by atoms with Crippen LogP contribution in [-0.2, 0) is 4.79 Å². The fourth-order valence-corrected chi connectivity index (χ4v) is 4.23. The molecular weight excluding hydrogens is 374 g/mol. The molecule has 0 atom stereocenters. The van der Waals surface area contributed by atoms with Crippen LogP contribution in [0.5, 0.6) is 11.5 Å². The third-order valence-electron chi connectivity index (χ3n) is 4.41. The van der Waals surface area contributed by atoms with Gasteiger partial charge in [0.2, 0.25) is 5.91 Å². The number of thioether (sulfide) groups is 1. The fourth-order valence-electron chi connectivity index (χ4n) is 3.09. The Labute approximate surface area is 166 Å². The topological polar surface area (TPSA) is 78.5 Å². The highest BCUT2D eigenvalue weighted by Crippen LogP contribution is 2.49. The molecule has 0 aromatic heterocycles. The van der Waals surface area contributed by atoms with Crippen molar-refractivity contribution < 1.29 is 19.4 Å². The van der Waals surface area contributed by atoms with Gasteiger partial charge in [0, 0.05) is 16.8 Å². The van der Waals surface area contributed by atoms with E-state index in [4.69, 9.17) is 4.74 Å². The number of carboxylic acids is 1. The van der Waals surface area contributed by atoms with Crippen LogP contribution in [0.15, 0.2) is 72.8 Å². The van der Waals surface area contributed by atoms with Crippen LogP contribution >= 0.6 is 11.8 Å². The summed E-state index contributed by atoms with van der Waals surface area (Å²) in [5.74, 6) is 0.446. The number of para-hydroxylation sites is 2. The van der Waals surface area contributed by atoms with Gasteiger partial charge in [-0.05, 0) is 29.8 Å². The molecule has 140 valence electrons. The molecule has 3 aromatic rings. The van der Waals surface area contributed by atoms with Gasteiger partial charge in [0.15, 0.2) is 0 Å². The molecular formula is C22H16NO4S-.